The number of nitrogens with two attached hydrogens (primary N) is 1. The Kier molecular flexibility index (Phi) is 3.17. The van der Waals surface area contributed by atoms with Gasteiger partial charge in [0.05, 0.1) is 5.71 Å². The lowest BCUT2D eigenvalue weighted by atomic mass is 9.96. The molecule has 0 spiro atoms. The number of rotatable bonds is 2. The maximum atomic E-state index is 12.6. The molecule has 0 bridgehead atoms. The summed E-state index contributed by atoms with van der Waals surface area (Å²) in [5.74, 6) is 0.580. The van der Waals surface area contributed by atoms with E-state index < -0.39 is 6.43 Å². The molecule has 1 atom stereocenters. The van der Waals surface area contributed by atoms with Gasteiger partial charge in [0.2, 0.25) is 0 Å². The lowest BCUT2D eigenvalue weighted by Crippen LogP contribution is -2.26. The van der Waals surface area contributed by atoms with Crippen LogP contribution in [0.1, 0.15) is 30.9 Å². The maximum absolute atomic E-state index is 12.6. The Morgan fingerprint density at radius 3 is 2.76 bits per heavy atom. The molecular formula is C12H13F2N3. The average Bonchev–Trinajstić information content (AvgIpc) is 2.33. The third-order valence-corrected chi connectivity index (χ3v) is 2.76. The predicted octanol–water partition coefficient (Wildman–Crippen LogP) is 2.73. The van der Waals surface area contributed by atoms with Gasteiger partial charge in [0, 0.05) is 17.9 Å². The van der Waals surface area contributed by atoms with Crippen LogP contribution >= 0.6 is 0 Å². The molecule has 0 radical (unpaired) electrons. The standard InChI is InChI=1S/C12H13F2N3/c1-7-5-10(16-17-12(7)15)8-3-2-4-9(6-8)11(13)14/h2-4,6-7,11H,5H2,1H3,(H2,15,17). The fourth-order valence-electron chi connectivity index (χ4n) is 1.68. The van der Waals surface area contributed by atoms with E-state index in [9.17, 15) is 8.78 Å². The summed E-state index contributed by atoms with van der Waals surface area (Å²) in [4.78, 5) is 0. The van der Waals surface area contributed by atoms with E-state index >= 15 is 0 Å². The van der Waals surface area contributed by atoms with Gasteiger partial charge in [-0.25, -0.2) is 8.78 Å². The van der Waals surface area contributed by atoms with E-state index in [1.807, 2.05) is 6.92 Å². The third-order valence-electron chi connectivity index (χ3n) is 2.76. The smallest absolute Gasteiger partial charge is 0.263 e. The van der Waals surface area contributed by atoms with Crippen molar-refractivity contribution in [3.8, 4) is 0 Å². The number of alkyl halides is 2. The first-order valence-corrected chi connectivity index (χ1v) is 5.36. The van der Waals surface area contributed by atoms with E-state index in [-0.39, 0.29) is 11.5 Å². The van der Waals surface area contributed by atoms with Crippen LogP contribution < -0.4 is 5.73 Å². The Labute approximate surface area is 98.0 Å². The minimum atomic E-state index is -2.47. The van der Waals surface area contributed by atoms with Crippen molar-refractivity contribution >= 4 is 11.5 Å². The minimum Gasteiger partial charge on any atom is -0.385 e. The lowest BCUT2D eigenvalue weighted by Gasteiger charge is -2.16. The van der Waals surface area contributed by atoms with E-state index in [2.05, 4.69) is 10.2 Å². The van der Waals surface area contributed by atoms with Crippen LogP contribution in [0.25, 0.3) is 0 Å². The second-order valence-corrected chi connectivity index (χ2v) is 4.10. The van der Waals surface area contributed by atoms with Gasteiger partial charge in [-0.2, -0.15) is 5.10 Å². The van der Waals surface area contributed by atoms with E-state index in [0.29, 0.717) is 23.5 Å². The van der Waals surface area contributed by atoms with Crippen LogP contribution in [0.15, 0.2) is 34.5 Å². The Morgan fingerprint density at radius 1 is 1.35 bits per heavy atom. The first-order valence-electron chi connectivity index (χ1n) is 5.36. The van der Waals surface area contributed by atoms with Crippen molar-refractivity contribution in [3.05, 3.63) is 35.4 Å². The van der Waals surface area contributed by atoms with Crippen LogP contribution in [0.3, 0.4) is 0 Å². The van der Waals surface area contributed by atoms with Gasteiger partial charge >= 0.3 is 0 Å². The molecule has 1 aliphatic heterocycles. The quantitative estimate of drug-likeness (QED) is 0.844. The van der Waals surface area contributed by atoms with E-state index in [1.54, 1.807) is 12.1 Å². The predicted molar refractivity (Wildman–Crippen MR) is 63.3 cm³/mol. The molecule has 1 aliphatic rings. The minimum absolute atomic E-state index is 0.000350. The molecule has 0 fully saturated rings. The topological polar surface area (TPSA) is 50.7 Å². The zero-order chi connectivity index (χ0) is 12.4. The number of benzene rings is 1. The summed E-state index contributed by atoms with van der Waals surface area (Å²) in [7, 11) is 0. The van der Waals surface area contributed by atoms with Crippen LogP contribution in [0.2, 0.25) is 0 Å². The van der Waals surface area contributed by atoms with E-state index in [4.69, 9.17) is 5.73 Å². The molecule has 1 unspecified atom stereocenters. The second-order valence-electron chi connectivity index (χ2n) is 4.10. The summed E-state index contributed by atoms with van der Waals surface area (Å²) < 4.78 is 25.1. The fraction of sp³-hybridized carbons (Fsp3) is 0.333. The van der Waals surface area contributed by atoms with Gasteiger partial charge in [-0.15, -0.1) is 5.10 Å². The highest BCUT2D eigenvalue weighted by Crippen LogP contribution is 2.22. The van der Waals surface area contributed by atoms with Crippen molar-refractivity contribution in [1.29, 1.82) is 0 Å². The van der Waals surface area contributed by atoms with Crippen LogP contribution in [-0.2, 0) is 0 Å². The van der Waals surface area contributed by atoms with Crippen molar-refractivity contribution in [2.75, 3.05) is 0 Å². The first kappa shape index (κ1) is 11.7. The van der Waals surface area contributed by atoms with Crippen LogP contribution in [-0.4, -0.2) is 11.5 Å². The number of nitrogens with zero attached hydrogens (tertiary/aromatic N) is 2. The van der Waals surface area contributed by atoms with Gasteiger partial charge in [-0.3, -0.25) is 0 Å². The normalized spacial score (nSPS) is 20.1. The van der Waals surface area contributed by atoms with Gasteiger partial charge in [0.25, 0.3) is 6.43 Å². The summed E-state index contributed by atoms with van der Waals surface area (Å²) in [5.41, 5.74) is 7.01. The molecule has 0 saturated heterocycles. The Morgan fingerprint density at radius 2 is 2.12 bits per heavy atom. The summed E-state index contributed by atoms with van der Waals surface area (Å²) in [6.07, 6.45) is -1.84. The van der Waals surface area contributed by atoms with Crippen LogP contribution in [0.5, 0.6) is 0 Å². The Hall–Kier alpha value is -1.78. The Bertz CT molecular complexity index is 480. The third kappa shape index (κ3) is 2.49. The van der Waals surface area contributed by atoms with Crippen molar-refractivity contribution in [2.45, 2.75) is 19.8 Å². The van der Waals surface area contributed by atoms with Gasteiger partial charge in [0.1, 0.15) is 5.84 Å². The second kappa shape index (κ2) is 4.61. The molecule has 2 rings (SSSR count). The molecule has 2 N–H and O–H groups in total. The number of hydrogen-bond acceptors (Lipinski definition) is 3. The summed E-state index contributed by atoms with van der Waals surface area (Å²) in [6.45, 7) is 1.93. The first-order chi connectivity index (χ1) is 8.08. The molecule has 3 nitrogen and oxygen atoms in total. The monoisotopic (exact) mass is 237 g/mol. The summed E-state index contributed by atoms with van der Waals surface area (Å²) >= 11 is 0. The highest BCUT2D eigenvalue weighted by molar-refractivity contribution is 6.04. The molecule has 5 heteroatoms. The zero-order valence-corrected chi connectivity index (χ0v) is 9.40. The van der Waals surface area contributed by atoms with Crippen molar-refractivity contribution < 1.29 is 8.78 Å². The summed E-state index contributed by atoms with van der Waals surface area (Å²) in [6, 6.07) is 6.21. The van der Waals surface area contributed by atoms with Crippen molar-refractivity contribution in [2.24, 2.45) is 21.9 Å². The van der Waals surface area contributed by atoms with Crippen LogP contribution in [0, 0.1) is 5.92 Å². The number of hydrogen-bond donors (Lipinski definition) is 1. The van der Waals surface area contributed by atoms with Gasteiger partial charge in [-0.05, 0) is 11.6 Å². The van der Waals surface area contributed by atoms with E-state index in [1.165, 1.54) is 12.1 Å². The van der Waals surface area contributed by atoms with Gasteiger partial charge in [0.15, 0.2) is 0 Å². The number of halogens is 2. The lowest BCUT2D eigenvalue weighted by molar-refractivity contribution is 0.151. The van der Waals surface area contributed by atoms with Gasteiger partial charge < -0.3 is 5.73 Å². The highest BCUT2D eigenvalue weighted by atomic mass is 19.3. The SMILES string of the molecule is CC1CC(c2cccc(C(F)F)c2)=NN=C1N. The molecule has 0 amide bonds. The molecule has 90 valence electrons. The molecule has 0 aliphatic carbocycles. The summed E-state index contributed by atoms with van der Waals surface area (Å²) in [5, 5.41) is 7.80. The molecule has 17 heavy (non-hydrogen) atoms. The fourth-order valence-corrected chi connectivity index (χ4v) is 1.68. The molecule has 1 heterocycles. The largest absolute Gasteiger partial charge is 0.385 e. The number of amidine groups is 1. The molecule has 0 saturated carbocycles. The van der Waals surface area contributed by atoms with E-state index in [0.717, 1.165) is 0 Å². The zero-order valence-electron chi connectivity index (χ0n) is 9.40. The van der Waals surface area contributed by atoms with Crippen molar-refractivity contribution in [3.63, 3.8) is 0 Å². The molecular weight excluding hydrogens is 224 g/mol. The highest BCUT2D eigenvalue weighted by Gasteiger charge is 2.18. The molecule has 1 aromatic carbocycles. The van der Waals surface area contributed by atoms with Crippen LogP contribution in [0.4, 0.5) is 8.78 Å². The maximum Gasteiger partial charge on any atom is 0.263 e. The van der Waals surface area contributed by atoms with Gasteiger partial charge in [-0.1, -0.05) is 25.1 Å². The molecule has 1 aromatic rings. The molecule has 0 aromatic heterocycles. The Balaban J connectivity index is 2.32. The average molecular weight is 237 g/mol. The van der Waals surface area contributed by atoms with Crippen molar-refractivity contribution in [1.82, 2.24) is 0 Å².